The number of hydrogen-bond acceptors (Lipinski definition) is 3. The van der Waals surface area contributed by atoms with Crippen LogP contribution in [0.5, 0.6) is 0 Å². The van der Waals surface area contributed by atoms with Crippen LogP contribution in [0.15, 0.2) is 30.3 Å². The molecule has 1 aromatic rings. The largest absolute Gasteiger partial charge is 0.480 e. The van der Waals surface area contributed by atoms with E-state index in [1.54, 1.807) is 0 Å². The minimum atomic E-state index is -1.00. The van der Waals surface area contributed by atoms with Gasteiger partial charge in [-0.3, -0.25) is 4.79 Å². The first-order valence-electron chi connectivity index (χ1n) is 6.97. The smallest absolute Gasteiger partial charge is 0.326 e. The number of amides is 1. The van der Waals surface area contributed by atoms with Crippen LogP contribution in [0.4, 0.5) is 0 Å². The molecule has 0 aliphatic carbocycles. The zero-order chi connectivity index (χ0) is 14.4. The lowest BCUT2D eigenvalue weighted by Gasteiger charge is -2.24. The third kappa shape index (κ3) is 4.06. The lowest BCUT2D eigenvalue weighted by atomic mass is 10.0. The highest BCUT2D eigenvalue weighted by molar-refractivity contribution is 5.87. The van der Waals surface area contributed by atoms with Crippen LogP contribution in [0.1, 0.15) is 24.8 Å². The third-order valence-corrected chi connectivity index (χ3v) is 3.52. The second-order valence-corrected chi connectivity index (χ2v) is 5.09. The maximum atomic E-state index is 12.1. The van der Waals surface area contributed by atoms with Crippen LogP contribution in [-0.4, -0.2) is 35.6 Å². The number of carbonyl (C=O) groups excluding carboxylic acids is 1. The standard InChI is InChI=1S/C15H20N2O3/c18-14(12-8-4-5-9-16-12)17-13(15(19)20)10-11-6-2-1-3-7-11/h1-3,6-7,12-13,16H,4-5,8-10H2,(H,17,18)(H,19,20)/t12-,13-/m0/s1. The highest BCUT2D eigenvalue weighted by Gasteiger charge is 2.26. The molecule has 0 saturated carbocycles. The van der Waals surface area contributed by atoms with Gasteiger partial charge in [0.25, 0.3) is 0 Å². The van der Waals surface area contributed by atoms with Crippen molar-refractivity contribution in [1.29, 1.82) is 0 Å². The van der Waals surface area contributed by atoms with E-state index in [0.717, 1.165) is 31.4 Å². The molecule has 0 unspecified atom stereocenters. The summed E-state index contributed by atoms with van der Waals surface area (Å²) >= 11 is 0. The zero-order valence-corrected chi connectivity index (χ0v) is 11.3. The van der Waals surface area contributed by atoms with Crippen LogP contribution >= 0.6 is 0 Å². The number of hydrogen-bond donors (Lipinski definition) is 3. The molecule has 1 aliphatic heterocycles. The Hall–Kier alpha value is -1.88. The molecule has 0 bridgehead atoms. The first kappa shape index (κ1) is 14.5. The summed E-state index contributed by atoms with van der Waals surface area (Å²) in [6.45, 7) is 0.814. The van der Waals surface area contributed by atoms with E-state index in [4.69, 9.17) is 0 Å². The Labute approximate surface area is 118 Å². The Morgan fingerprint density at radius 2 is 2.05 bits per heavy atom. The van der Waals surface area contributed by atoms with Gasteiger partial charge in [-0.2, -0.15) is 0 Å². The average molecular weight is 276 g/mol. The van der Waals surface area contributed by atoms with Gasteiger partial charge < -0.3 is 15.7 Å². The Balaban J connectivity index is 1.95. The molecule has 5 nitrogen and oxygen atoms in total. The summed E-state index contributed by atoms with van der Waals surface area (Å²) in [6.07, 6.45) is 3.13. The van der Waals surface area contributed by atoms with Gasteiger partial charge in [0, 0.05) is 6.42 Å². The topological polar surface area (TPSA) is 78.4 Å². The van der Waals surface area contributed by atoms with Gasteiger partial charge in [0.15, 0.2) is 0 Å². The van der Waals surface area contributed by atoms with E-state index in [-0.39, 0.29) is 11.9 Å². The second kappa shape index (κ2) is 7.05. The highest BCUT2D eigenvalue weighted by Crippen LogP contribution is 2.08. The predicted molar refractivity (Wildman–Crippen MR) is 75.4 cm³/mol. The molecular formula is C15H20N2O3. The molecular weight excluding hydrogens is 256 g/mol. The van der Waals surface area contributed by atoms with Crippen molar-refractivity contribution in [2.45, 2.75) is 37.8 Å². The normalized spacial score (nSPS) is 20.1. The summed E-state index contributed by atoms with van der Waals surface area (Å²) in [4.78, 5) is 23.4. The van der Waals surface area contributed by atoms with Crippen LogP contribution in [0, 0.1) is 0 Å². The number of rotatable bonds is 5. The molecule has 1 fully saturated rings. The highest BCUT2D eigenvalue weighted by atomic mass is 16.4. The van der Waals surface area contributed by atoms with Gasteiger partial charge in [-0.1, -0.05) is 36.8 Å². The molecule has 1 aliphatic rings. The van der Waals surface area contributed by atoms with Crippen molar-refractivity contribution in [3.63, 3.8) is 0 Å². The van der Waals surface area contributed by atoms with Gasteiger partial charge in [0.05, 0.1) is 6.04 Å². The number of aliphatic carboxylic acids is 1. The van der Waals surface area contributed by atoms with Gasteiger partial charge in [-0.15, -0.1) is 0 Å². The van der Waals surface area contributed by atoms with Crippen LogP contribution in [0.25, 0.3) is 0 Å². The summed E-state index contributed by atoms with van der Waals surface area (Å²) in [5.74, 6) is -1.22. The number of carboxylic acids is 1. The van der Waals surface area contributed by atoms with E-state index in [9.17, 15) is 14.7 Å². The van der Waals surface area contributed by atoms with Gasteiger partial charge in [0.2, 0.25) is 5.91 Å². The fourth-order valence-electron chi connectivity index (χ4n) is 2.40. The Bertz CT molecular complexity index is 455. The fraction of sp³-hybridized carbons (Fsp3) is 0.467. The van der Waals surface area contributed by atoms with Gasteiger partial charge in [-0.05, 0) is 24.9 Å². The summed E-state index contributed by atoms with van der Waals surface area (Å²) in [6, 6.07) is 8.18. The minimum Gasteiger partial charge on any atom is -0.480 e. The maximum Gasteiger partial charge on any atom is 0.326 e. The number of carbonyl (C=O) groups is 2. The van der Waals surface area contributed by atoms with E-state index in [1.165, 1.54) is 0 Å². The molecule has 1 heterocycles. The first-order chi connectivity index (χ1) is 9.66. The van der Waals surface area contributed by atoms with Crippen molar-refractivity contribution in [3.05, 3.63) is 35.9 Å². The van der Waals surface area contributed by atoms with Crippen LogP contribution in [0.3, 0.4) is 0 Å². The fourth-order valence-corrected chi connectivity index (χ4v) is 2.40. The van der Waals surface area contributed by atoms with Crippen LogP contribution in [0.2, 0.25) is 0 Å². The van der Waals surface area contributed by atoms with E-state index >= 15 is 0 Å². The molecule has 1 aromatic carbocycles. The van der Waals surface area contributed by atoms with E-state index < -0.39 is 12.0 Å². The molecule has 0 aromatic heterocycles. The van der Waals surface area contributed by atoms with E-state index in [0.29, 0.717) is 6.42 Å². The second-order valence-electron chi connectivity index (χ2n) is 5.09. The van der Waals surface area contributed by atoms with Crippen molar-refractivity contribution >= 4 is 11.9 Å². The van der Waals surface area contributed by atoms with Crippen molar-refractivity contribution < 1.29 is 14.7 Å². The van der Waals surface area contributed by atoms with E-state index in [2.05, 4.69) is 10.6 Å². The Kier molecular flexibility index (Phi) is 5.12. The maximum absolute atomic E-state index is 12.1. The van der Waals surface area contributed by atoms with E-state index in [1.807, 2.05) is 30.3 Å². The summed E-state index contributed by atoms with van der Waals surface area (Å²) in [5, 5.41) is 15.0. The molecule has 0 spiro atoms. The Morgan fingerprint density at radius 3 is 2.65 bits per heavy atom. The van der Waals surface area contributed by atoms with Crippen molar-refractivity contribution in [2.24, 2.45) is 0 Å². The molecule has 1 amide bonds. The lowest BCUT2D eigenvalue weighted by molar-refractivity contribution is -0.142. The number of carboxylic acid groups (broad SMARTS) is 1. The van der Waals surface area contributed by atoms with Crippen LogP contribution < -0.4 is 10.6 Å². The zero-order valence-electron chi connectivity index (χ0n) is 11.3. The SMILES string of the molecule is O=C(O)[C@H](Cc1ccccc1)NC(=O)[C@@H]1CCCCN1. The average Bonchev–Trinajstić information content (AvgIpc) is 2.48. The van der Waals surface area contributed by atoms with Crippen molar-refractivity contribution in [1.82, 2.24) is 10.6 Å². The molecule has 2 atom stereocenters. The molecule has 5 heteroatoms. The molecule has 0 radical (unpaired) electrons. The number of benzene rings is 1. The van der Waals surface area contributed by atoms with Crippen molar-refractivity contribution in [3.8, 4) is 0 Å². The minimum absolute atomic E-state index is 0.215. The van der Waals surface area contributed by atoms with Crippen LogP contribution in [-0.2, 0) is 16.0 Å². The summed E-state index contributed by atoms with van der Waals surface area (Å²) in [5.41, 5.74) is 0.900. The monoisotopic (exact) mass is 276 g/mol. The molecule has 2 rings (SSSR count). The summed E-state index contributed by atoms with van der Waals surface area (Å²) < 4.78 is 0. The number of piperidine rings is 1. The molecule has 20 heavy (non-hydrogen) atoms. The lowest BCUT2D eigenvalue weighted by Crippen LogP contribution is -2.52. The van der Waals surface area contributed by atoms with Gasteiger partial charge in [-0.25, -0.2) is 4.79 Å². The third-order valence-electron chi connectivity index (χ3n) is 3.52. The molecule has 3 N–H and O–H groups in total. The van der Waals surface area contributed by atoms with Gasteiger partial charge >= 0.3 is 5.97 Å². The summed E-state index contributed by atoms with van der Waals surface area (Å²) in [7, 11) is 0. The first-order valence-corrected chi connectivity index (χ1v) is 6.97. The molecule has 1 saturated heterocycles. The van der Waals surface area contributed by atoms with Gasteiger partial charge in [0.1, 0.15) is 6.04 Å². The van der Waals surface area contributed by atoms with Crippen molar-refractivity contribution in [2.75, 3.05) is 6.54 Å². The molecule has 108 valence electrons. The Morgan fingerprint density at radius 1 is 1.30 bits per heavy atom. The quantitative estimate of drug-likeness (QED) is 0.748. The predicted octanol–water partition coefficient (Wildman–Crippen LogP) is 0.941. The number of nitrogens with one attached hydrogen (secondary N) is 2.